The van der Waals surface area contributed by atoms with Gasteiger partial charge < -0.3 is 9.32 Å². The third-order valence-electron chi connectivity index (χ3n) is 7.69. The number of rotatable bonds is 4. The fourth-order valence-electron chi connectivity index (χ4n) is 5.72. The van der Waals surface area contributed by atoms with E-state index in [4.69, 9.17) is 9.40 Å². The van der Waals surface area contributed by atoms with Crippen LogP contribution < -0.4 is 4.90 Å². The molecule has 0 radical (unpaired) electrons. The molecule has 0 aliphatic rings. The molecule has 6 aromatic carbocycles. The van der Waals surface area contributed by atoms with Crippen LogP contribution in [0.3, 0.4) is 0 Å². The quantitative estimate of drug-likeness (QED) is 0.235. The van der Waals surface area contributed by atoms with Gasteiger partial charge in [-0.3, -0.25) is 4.98 Å². The van der Waals surface area contributed by atoms with Crippen LogP contribution in [0.2, 0.25) is 0 Å². The van der Waals surface area contributed by atoms with Crippen LogP contribution in [0.5, 0.6) is 0 Å². The molecule has 8 rings (SSSR count). The molecule has 0 atom stereocenters. The van der Waals surface area contributed by atoms with Crippen molar-refractivity contribution < 1.29 is 4.42 Å². The van der Waals surface area contributed by atoms with Crippen molar-refractivity contribution in [1.82, 2.24) is 4.98 Å². The van der Waals surface area contributed by atoms with Crippen molar-refractivity contribution >= 4 is 60.7 Å². The van der Waals surface area contributed by atoms with Gasteiger partial charge in [-0.25, -0.2) is 0 Å². The van der Waals surface area contributed by atoms with Crippen LogP contribution in [0, 0.1) is 0 Å². The Morgan fingerprint density at radius 3 is 2.00 bits per heavy atom. The number of nitrogens with zero attached hydrogens (tertiary/aromatic N) is 2. The maximum absolute atomic E-state index is 6.65. The van der Waals surface area contributed by atoms with Crippen LogP contribution in [0.25, 0.3) is 54.7 Å². The molecule has 40 heavy (non-hydrogen) atoms. The monoisotopic (exact) mass is 512 g/mol. The van der Waals surface area contributed by atoms with E-state index in [2.05, 4.69) is 132 Å². The number of pyridine rings is 1. The van der Waals surface area contributed by atoms with Crippen molar-refractivity contribution in [3.8, 4) is 11.1 Å². The second-order valence-electron chi connectivity index (χ2n) is 10.1. The Kier molecular flexibility index (Phi) is 5.14. The number of benzene rings is 6. The standard InChI is InChI=1S/C37H24N2O/c1-2-11-30(12-3-1)39(31-19-16-26(17-20-31)29-15-14-25-8-4-5-10-28(25)24-29)34-22-23-38-35-33-21-18-27-9-6-7-13-32(27)36(33)40-37(34)35/h1-24H. The Morgan fingerprint density at radius 2 is 1.15 bits per heavy atom. The summed E-state index contributed by atoms with van der Waals surface area (Å²) in [5.74, 6) is 0. The zero-order chi connectivity index (χ0) is 26.5. The molecule has 2 aromatic heterocycles. The molecule has 0 bridgehead atoms. The summed E-state index contributed by atoms with van der Waals surface area (Å²) in [6.45, 7) is 0. The van der Waals surface area contributed by atoms with Crippen molar-refractivity contribution in [2.75, 3.05) is 4.90 Å². The summed E-state index contributed by atoms with van der Waals surface area (Å²) in [4.78, 5) is 7.01. The van der Waals surface area contributed by atoms with E-state index in [9.17, 15) is 0 Å². The lowest BCUT2D eigenvalue weighted by atomic mass is 10.0. The number of furan rings is 1. The Bertz CT molecular complexity index is 2160. The van der Waals surface area contributed by atoms with Crippen LogP contribution in [0.4, 0.5) is 17.1 Å². The van der Waals surface area contributed by atoms with Crippen molar-refractivity contribution in [2.45, 2.75) is 0 Å². The molecule has 188 valence electrons. The molecule has 0 spiro atoms. The highest BCUT2D eigenvalue weighted by atomic mass is 16.3. The summed E-state index contributed by atoms with van der Waals surface area (Å²) < 4.78 is 6.65. The molecule has 0 amide bonds. The van der Waals surface area contributed by atoms with Gasteiger partial charge in [0.25, 0.3) is 0 Å². The van der Waals surface area contributed by atoms with E-state index < -0.39 is 0 Å². The lowest BCUT2D eigenvalue weighted by Gasteiger charge is -2.25. The Balaban J connectivity index is 1.30. The molecular weight excluding hydrogens is 488 g/mol. The SMILES string of the molecule is c1ccc(N(c2ccc(-c3ccc4ccccc4c3)cc2)c2ccnc3c2oc2c4ccccc4ccc32)cc1. The van der Waals surface area contributed by atoms with E-state index >= 15 is 0 Å². The maximum Gasteiger partial charge on any atom is 0.177 e. The number of hydrogen-bond donors (Lipinski definition) is 0. The van der Waals surface area contributed by atoms with Gasteiger partial charge in [-0.05, 0) is 69.8 Å². The highest BCUT2D eigenvalue weighted by Crippen LogP contribution is 2.42. The lowest BCUT2D eigenvalue weighted by molar-refractivity contribution is 0.672. The molecule has 0 aliphatic heterocycles. The van der Waals surface area contributed by atoms with E-state index in [1.165, 1.54) is 21.9 Å². The highest BCUT2D eigenvalue weighted by Gasteiger charge is 2.20. The molecule has 3 nitrogen and oxygen atoms in total. The van der Waals surface area contributed by atoms with Crippen molar-refractivity contribution in [1.29, 1.82) is 0 Å². The normalized spacial score (nSPS) is 11.5. The van der Waals surface area contributed by atoms with Crippen LogP contribution in [-0.4, -0.2) is 4.98 Å². The average Bonchev–Trinajstić information content (AvgIpc) is 3.42. The zero-order valence-electron chi connectivity index (χ0n) is 21.7. The Morgan fingerprint density at radius 1 is 0.475 bits per heavy atom. The second kappa shape index (κ2) is 9.11. The van der Waals surface area contributed by atoms with Gasteiger partial charge in [-0.15, -0.1) is 0 Å². The van der Waals surface area contributed by atoms with Crippen molar-refractivity contribution in [3.63, 3.8) is 0 Å². The summed E-state index contributed by atoms with van der Waals surface area (Å²) in [7, 11) is 0. The van der Waals surface area contributed by atoms with Gasteiger partial charge in [0.2, 0.25) is 0 Å². The van der Waals surface area contributed by atoms with Gasteiger partial charge in [0.15, 0.2) is 5.58 Å². The maximum atomic E-state index is 6.65. The fraction of sp³-hybridized carbons (Fsp3) is 0. The van der Waals surface area contributed by atoms with Gasteiger partial charge in [0.05, 0.1) is 5.69 Å². The Hall–Kier alpha value is -5.41. The highest BCUT2D eigenvalue weighted by molar-refractivity contribution is 6.16. The molecule has 0 fully saturated rings. The van der Waals surface area contributed by atoms with E-state index in [1.807, 2.05) is 18.3 Å². The molecule has 0 saturated heterocycles. The average molecular weight is 513 g/mol. The first-order chi connectivity index (χ1) is 19.8. The minimum Gasteiger partial charge on any atom is -0.451 e. The summed E-state index contributed by atoms with van der Waals surface area (Å²) in [5, 5.41) is 5.76. The molecule has 0 unspecified atom stereocenters. The zero-order valence-corrected chi connectivity index (χ0v) is 21.7. The summed E-state index contributed by atoms with van der Waals surface area (Å²) in [6, 6.07) is 48.9. The number of hydrogen-bond acceptors (Lipinski definition) is 3. The lowest BCUT2D eigenvalue weighted by Crippen LogP contribution is -2.10. The first-order valence-electron chi connectivity index (χ1n) is 13.5. The Labute approximate surface area is 231 Å². The molecule has 0 saturated carbocycles. The minimum absolute atomic E-state index is 0.774. The molecule has 2 heterocycles. The van der Waals surface area contributed by atoms with E-state index in [0.717, 1.165) is 49.9 Å². The van der Waals surface area contributed by atoms with Gasteiger partial charge in [0, 0.05) is 28.3 Å². The number of anilines is 3. The molecule has 0 N–H and O–H groups in total. The fourth-order valence-corrected chi connectivity index (χ4v) is 5.72. The molecule has 8 aromatic rings. The molecular formula is C37H24N2O. The number of fused-ring (bicyclic) bond motifs is 6. The van der Waals surface area contributed by atoms with Crippen LogP contribution in [0.1, 0.15) is 0 Å². The topological polar surface area (TPSA) is 29.3 Å². The van der Waals surface area contributed by atoms with Gasteiger partial charge in [-0.1, -0.05) is 97.1 Å². The first-order valence-corrected chi connectivity index (χ1v) is 13.5. The van der Waals surface area contributed by atoms with Crippen LogP contribution in [0.15, 0.2) is 150 Å². The van der Waals surface area contributed by atoms with E-state index in [1.54, 1.807) is 0 Å². The third-order valence-corrected chi connectivity index (χ3v) is 7.69. The van der Waals surface area contributed by atoms with Crippen LogP contribution >= 0.6 is 0 Å². The molecule has 3 heteroatoms. The minimum atomic E-state index is 0.774. The first kappa shape index (κ1) is 22.6. The van der Waals surface area contributed by atoms with Gasteiger partial charge in [0.1, 0.15) is 11.1 Å². The van der Waals surface area contributed by atoms with Gasteiger partial charge in [-0.2, -0.15) is 0 Å². The van der Waals surface area contributed by atoms with Crippen molar-refractivity contribution in [2.24, 2.45) is 0 Å². The molecule has 0 aliphatic carbocycles. The number of aromatic nitrogens is 1. The summed E-state index contributed by atoms with van der Waals surface area (Å²) >= 11 is 0. The van der Waals surface area contributed by atoms with E-state index in [0.29, 0.717) is 0 Å². The van der Waals surface area contributed by atoms with Crippen LogP contribution in [-0.2, 0) is 0 Å². The van der Waals surface area contributed by atoms with Crippen molar-refractivity contribution in [3.05, 3.63) is 146 Å². The second-order valence-corrected chi connectivity index (χ2v) is 10.1. The predicted molar refractivity (Wildman–Crippen MR) is 167 cm³/mol. The van der Waals surface area contributed by atoms with E-state index in [-0.39, 0.29) is 0 Å². The smallest absolute Gasteiger partial charge is 0.177 e. The number of para-hydroxylation sites is 1. The summed E-state index contributed by atoms with van der Waals surface area (Å²) in [6.07, 6.45) is 1.88. The third kappa shape index (κ3) is 3.63. The summed E-state index contributed by atoms with van der Waals surface area (Å²) in [5.41, 5.74) is 7.95. The van der Waals surface area contributed by atoms with Gasteiger partial charge >= 0.3 is 0 Å². The largest absolute Gasteiger partial charge is 0.451 e. The predicted octanol–water partition coefficient (Wildman–Crippen LogP) is 10.4.